The Kier molecular flexibility index (Phi) is 4.45. The number of hydrogen-bond acceptors (Lipinski definition) is 2. The van der Waals surface area contributed by atoms with E-state index >= 15 is 0 Å². The number of aromatic amines is 1. The number of nitrogens with one attached hydrogen (secondary N) is 2. The van der Waals surface area contributed by atoms with Gasteiger partial charge in [0, 0.05) is 18.0 Å². The average molecular weight is 354 g/mol. The minimum atomic E-state index is 0.00421. The van der Waals surface area contributed by atoms with Gasteiger partial charge in [-0.25, -0.2) is 4.98 Å². The largest absolute Gasteiger partial charge is 0.356 e. The molecule has 4 nitrogen and oxygen atoms in total. The Hall–Kier alpha value is -2.33. The molecular formula is C20H20ClN3O. The van der Waals surface area contributed by atoms with Crippen molar-refractivity contribution in [2.45, 2.75) is 31.6 Å². The lowest BCUT2D eigenvalue weighted by molar-refractivity contribution is -0.122. The molecule has 1 amide bonds. The van der Waals surface area contributed by atoms with Gasteiger partial charge in [-0.3, -0.25) is 4.79 Å². The van der Waals surface area contributed by atoms with Gasteiger partial charge in [0.1, 0.15) is 5.82 Å². The third-order valence-corrected chi connectivity index (χ3v) is 5.07. The summed E-state index contributed by atoms with van der Waals surface area (Å²) in [6.07, 6.45) is 3.56. The number of imidazole rings is 1. The third-order valence-electron chi connectivity index (χ3n) is 4.83. The van der Waals surface area contributed by atoms with E-state index in [1.54, 1.807) is 0 Å². The van der Waals surface area contributed by atoms with Gasteiger partial charge < -0.3 is 10.3 Å². The molecule has 3 aromatic rings. The van der Waals surface area contributed by atoms with E-state index in [0.29, 0.717) is 11.6 Å². The fraction of sp³-hybridized carbons (Fsp3) is 0.300. The van der Waals surface area contributed by atoms with Gasteiger partial charge in [-0.2, -0.15) is 0 Å². The van der Waals surface area contributed by atoms with Crippen LogP contribution in [0.15, 0.2) is 42.5 Å². The molecular weight excluding hydrogens is 334 g/mol. The Labute approximate surface area is 151 Å². The smallest absolute Gasteiger partial charge is 0.227 e. The molecule has 5 heteroatoms. The lowest BCUT2D eigenvalue weighted by Gasteiger charge is -2.12. The highest BCUT2D eigenvalue weighted by Gasteiger charge is 2.27. The lowest BCUT2D eigenvalue weighted by Crippen LogP contribution is -2.29. The van der Waals surface area contributed by atoms with E-state index in [9.17, 15) is 4.79 Å². The number of nitrogens with zero attached hydrogens (tertiary/aromatic N) is 1. The highest BCUT2D eigenvalue weighted by molar-refractivity contribution is 6.31. The van der Waals surface area contributed by atoms with E-state index in [2.05, 4.69) is 27.4 Å². The Morgan fingerprint density at radius 3 is 3.08 bits per heavy atom. The molecule has 1 aliphatic rings. The molecule has 25 heavy (non-hydrogen) atoms. The molecule has 0 saturated carbocycles. The number of rotatable bonds is 5. The predicted molar refractivity (Wildman–Crippen MR) is 99.9 cm³/mol. The van der Waals surface area contributed by atoms with E-state index in [1.807, 2.05) is 30.3 Å². The standard InChI is InChI=1S/C20H20ClN3O/c21-14-8-10-17-18(12-14)24-19(23-17)6-3-11-22-20(25)16-9-7-13-4-1-2-5-15(13)16/h1-2,4-5,8,10,12,16H,3,6-7,9,11H2,(H,22,25)(H,23,24). The number of benzene rings is 2. The molecule has 0 fully saturated rings. The molecule has 0 spiro atoms. The van der Waals surface area contributed by atoms with Crippen LogP contribution in [0.3, 0.4) is 0 Å². The van der Waals surface area contributed by atoms with Crippen LogP contribution in [0, 0.1) is 0 Å². The number of fused-ring (bicyclic) bond motifs is 2. The number of amides is 1. The van der Waals surface area contributed by atoms with Gasteiger partial charge in [0.2, 0.25) is 5.91 Å². The molecule has 0 bridgehead atoms. The molecule has 0 radical (unpaired) electrons. The number of H-pyrrole nitrogens is 1. The van der Waals surface area contributed by atoms with Crippen LogP contribution in [0.25, 0.3) is 11.0 Å². The van der Waals surface area contributed by atoms with Crippen molar-refractivity contribution < 1.29 is 4.79 Å². The quantitative estimate of drug-likeness (QED) is 0.681. The monoisotopic (exact) mass is 353 g/mol. The maximum absolute atomic E-state index is 12.4. The topological polar surface area (TPSA) is 57.8 Å². The third kappa shape index (κ3) is 3.40. The van der Waals surface area contributed by atoms with Crippen molar-refractivity contribution in [3.63, 3.8) is 0 Å². The van der Waals surface area contributed by atoms with Crippen molar-refractivity contribution in [2.75, 3.05) is 6.54 Å². The zero-order chi connectivity index (χ0) is 17.2. The van der Waals surface area contributed by atoms with Gasteiger partial charge >= 0.3 is 0 Å². The first-order valence-corrected chi connectivity index (χ1v) is 9.08. The molecule has 1 atom stereocenters. The van der Waals surface area contributed by atoms with Crippen molar-refractivity contribution in [3.8, 4) is 0 Å². The molecule has 1 aliphatic carbocycles. The highest BCUT2D eigenvalue weighted by Crippen LogP contribution is 2.32. The minimum Gasteiger partial charge on any atom is -0.356 e. The minimum absolute atomic E-state index is 0.00421. The number of carbonyl (C=O) groups excluding carboxylic acids is 1. The second kappa shape index (κ2) is 6.89. The van der Waals surface area contributed by atoms with E-state index < -0.39 is 0 Å². The zero-order valence-corrected chi connectivity index (χ0v) is 14.6. The predicted octanol–water partition coefficient (Wildman–Crippen LogP) is 4.00. The maximum Gasteiger partial charge on any atom is 0.227 e. The summed E-state index contributed by atoms with van der Waals surface area (Å²) in [6.45, 7) is 0.662. The van der Waals surface area contributed by atoms with Crippen molar-refractivity contribution in [1.82, 2.24) is 15.3 Å². The van der Waals surface area contributed by atoms with Crippen LogP contribution in [0.5, 0.6) is 0 Å². The van der Waals surface area contributed by atoms with Crippen LogP contribution in [0.1, 0.15) is 35.7 Å². The SMILES string of the molecule is O=C(NCCCc1nc2ccc(Cl)cc2[nH]1)C1CCc2ccccc21. The summed E-state index contributed by atoms with van der Waals surface area (Å²) in [6, 6.07) is 13.9. The average Bonchev–Trinajstić information content (AvgIpc) is 3.21. The molecule has 1 aromatic heterocycles. The fourth-order valence-electron chi connectivity index (χ4n) is 3.57. The molecule has 0 saturated heterocycles. The van der Waals surface area contributed by atoms with Crippen LogP contribution in [-0.4, -0.2) is 22.4 Å². The Balaban J connectivity index is 1.30. The van der Waals surface area contributed by atoms with Gasteiger partial charge in [-0.1, -0.05) is 35.9 Å². The Bertz CT molecular complexity index is 918. The Morgan fingerprint density at radius 1 is 1.28 bits per heavy atom. The van der Waals surface area contributed by atoms with Crippen molar-refractivity contribution in [3.05, 3.63) is 64.4 Å². The van der Waals surface area contributed by atoms with Gasteiger partial charge in [-0.15, -0.1) is 0 Å². The maximum atomic E-state index is 12.4. The number of aryl methyl sites for hydroxylation is 2. The molecule has 4 rings (SSSR count). The highest BCUT2D eigenvalue weighted by atomic mass is 35.5. The molecule has 1 heterocycles. The summed E-state index contributed by atoms with van der Waals surface area (Å²) in [4.78, 5) is 20.3. The van der Waals surface area contributed by atoms with Gasteiger partial charge in [-0.05, 0) is 48.6 Å². The second-order valence-corrected chi connectivity index (χ2v) is 6.97. The Morgan fingerprint density at radius 2 is 2.16 bits per heavy atom. The van der Waals surface area contributed by atoms with Gasteiger partial charge in [0.05, 0.1) is 17.0 Å². The molecule has 1 unspecified atom stereocenters. The van der Waals surface area contributed by atoms with Crippen LogP contribution in [0.2, 0.25) is 5.02 Å². The van der Waals surface area contributed by atoms with Crippen LogP contribution in [0.4, 0.5) is 0 Å². The molecule has 128 valence electrons. The summed E-state index contributed by atoms with van der Waals surface area (Å²) in [5.74, 6) is 1.07. The summed E-state index contributed by atoms with van der Waals surface area (Å²) in [7, 11) is 0. The lowest BCUT2D eigenvalue weighted by atomic mass is 10.0. The first-order valence-electron chi connectivity index (χ1n) is 8.70. The van der Waals surface area contributed by atoms with E-state index in [0.717, 1.165) is 42.5 Å². The van der Waals surface area contributed by atoms with Gasteiger partial charge in [0.25, 0.3) is 0 Å². The van der Waals surface area contributed by atoms with Crippen molar-refractivity contribution in [2.24, 2.45) is 0 Å². The van der Waals surface area contributed by atoms with E-state index in [4.69, 9.17) is 11.6 Å². The summed E-state index contributed by atoms with van der Waals surface area (Å²) in [5.41, 5.74) is 4.37. The first-order chi connectivity index (χ1) is 12.2. The number of hydrogen-bond donors (Lipinski definition) is 2. The van der Waals surface area contributed by atoms with E-state index in [1.165, 1.54) is 11.1 Å². The summed E-state index contributed by atoms with van der Waals surface area (Å²) >= 11 is 5.99. The van der Waals surface area contributed by atoms with Crippen LogP contribution >= 0.6 is 11.6 Å². The van der Waals surface area contributed by atoms with Crippen molar-refractivity contribution in [1.29, 1.82) is 0 Å². The van der Waals surface area contributed by atoms with Gasteiger partial charge in [0.15, 0.2) is 0 Å². The fourth-order valence-corrected chi connectivity index (χ4v) is 3.75. The van der Waals surface area contributed by atoms with Crippen LogP contribution < -0.4 is 5.32 Å². The number of carbonyl (C=O) groups is 1. The molecule has 2 N–H and O–H groups in total. The second-order valence-electron chi connectivity index (χ2n) is 6.53. The van der Waals surface area contributed by atoms with Crippen molar-refractivity contribution >= 4 is 28.5 Å². The molecule has 2 aromatic carbocycles. The number of aromatic nitrogens is 2. The van der Waals surface area contributed by atoms with Crippen LogP contribution in [-0.2, 0) is 17.6 Å². The summed E-state index contributed by atoms with van der Waals surface area (Å²) in [5, 5.41) is 3.78. The first kappa shape index (κ1) is 16.2. The number of halogens is 1. The zero-order valence-electron chi connectivity index (χ0n) is 13.9. The molecule has 0 aliphatic heterocycles. The normalized spacial score (nSPS) is 16.1. The summed E-state index contributed by atoms with van der Waals surface area (Å²) < 4.78 is 0. The van der Waals surface area contributed by atoms with E-state index in [-0.39, 0.29) is 11.8 Å².